The summed E-state index contributed by atoms with van der Waals surface area (Å²) in [6.45, 7) is 4.73. The van der Waals surface area contributed by atoms with E-state index in [1.54, 1.807) is 0 Å². The maximum atomic E-state index is 12.5. The summed E-state index contributed by atoms with van der Waals surface area (Å²) in [4.78, 5) is 14.7. The molecule has 4 heteroatoms. The minimum Gasteiger partial charge on any atom is -0.336 e. The lowest BCUT2D eigenvalue weighted by atomic mass is 9.83. The maximum absolute atomic E-state index is 12.5. The van der Waals surface area contributed by atoms with Gasteiger partial charge in [-0.2, -0.15) is 0 Å². The third-order valence-corrected chi connectivity index (χ3v) is 4.76. The number of nitrogens with two attached hydrogens (primary N) is 1. The first-order valence-electron chi connectivity index (χ1n) is 7.69. The molecule has 2 N–H and O–H groups in total. The Kier molecular flexibility index (Phi) is 6.61. The van der Waals surface area contributed by atoms with Crippen LogP contribution in [0.15, 0.2) is 0 Å². The first-order chi connectivity index (χ1) is 8.67. The highest BCUT2D eigenvalue weighted by Gasteiger charge is 2.39. The molecule has 0 aromatic rings. The first kappa shape index (κ1) is 16.8. The summed E-state index contributed by atoms with van der Waals surface area (Å²) >= 11 is 0. The number of carbonyl (C=O) groups excluding carboxylic acids is 1. The molecule has 2 rings (SSSR count). The Morgan fingerprint density at radius 2 is 1.63 bits per heavy atom. The second kappa shape index (κ2) is 7.49. The number of amides is 1. The van der Waals surface area contributed by atoms with Gasteiger partial charge in [0.1, 0.15) is 0 Å². The van der Waals surface area contributed by atoms with Crippen LogP contribution in [0.5, 0.6) is 0 Å². The van der Waals surface area contributed by atoms with Crippen molar-refractivity contribution in [3.05, 3.63) is 0 Å². The predicted octanol–water partition coefficient (Wildman–Crippen LogP) is 2.96. The summed E-state index contributed by atoms with van der Waals surface area (Å²) in [6, 6.07) is 1.04. The third-order valence-electron chi connectivity index (χ3n) is 4.76. The number of rotatable bonds is 5. The molecule has 0 spiro atoms. The van der Waals surface area contributed by atoms with Crippen molar-refractivity contribution in [2.45, 2.75) is 70.9 Å². The molecule has 2 aliphatic rings. The molecule has 112 valence electrons. The van der Waals surface area contributed by atoms with E-state index in [0.717, 1.165) is 5.92 Å². The molecule has 2 fully saturated rings. The van der Waals surface area contributed by atoms with Crippen LogP contribution in [0.2, 0.25) is 0 Å². The first-order valence-corrected chi connectivity index (χ1v) is 7.69. The van der Waals surface area contributed by atoms with Crippen LogP contribution in [0.4, 0.5) is 0 Å². The van der Waals surface area contributed by atoms with Gasteiger partial charge in [-0.1, -0.05) is 20.3 Å². The van der Waals surface area contributed by atoms with Gasteiger partial charge in [-0.05, 0) is 44.4 Å². The maximum Gasteiger partial charge on any atom is 0.227 e. The van der Waals surface area contributed by atoms with E-state index in [0.29, 0.717) is 24.5 Å². The van der Waals surface area contributed by atoms with Gasteiger partial charge in [0.15, 0.2) is 0 Å². The zero-order valence-electron chi connectivity index (χ0n) is 12.3. The smallest absolute Gasteiger partial charge is 0.227 e. The Morgan fingerprint density at radius 1 is 1.16 bits per heavy atom. The second-order valence-electron chi connectivity index (χ2n) is 6.20. The molecule has 0 bridgehead atoms. The lowest BCUT2D eigenvalue weighted by Crippen LogP contribution is -2.47. The largest absolute Gasteiger partial charge is 0.336 e. The number of halogens is 1. The minimum atomic E-state index is -0.00509. The van der Waals surface area contributed by atoms with E-state index in [2.05, 4.69) is 11.8 Å². The number of hydrogen-bond acceptors (Lipinski definition) is 2. The van der Waals surface area contributed by atoms with E-state index in [9.17, 15) is 4.79 Å². The zero-order chi connectivity index (χ0) is 13.1. The van der Waals surface area contributed by atoms with Crippen molar-refractivity contribution in [3.63, 3.8) is 0 Å². The number of hydrogen-bond donors (Lipinski definition) is 1. The molecule has 0 aromatic heterocycles. The molecule has 0 saturated heterocycles. The Morgan fingerprint density at radius 3 is 2.00 bits per heavy atom. The number of nitrogens with zero attached hydrogens (tertiary/aromatic N) is 1. The summed E-state index contributed by atoms with van der Waals surface area (Å²) in [5, 5.41) is 0. The highest BCUT2D eigenvalue weighted by molar-refractivity contribution is 5.85. The van der Waals surface area contributed by atoms with Gasteiger partial charge < -0.3 is 10.6 Å². The van der Waals surface area contributed by atoms with Crippen LogP contribution < -0.4 is 5.73 Å². The van der Waals surface area contributed by atoms with Gasteiger partial charge in [0.05, 0.1) is 0 Å². The molecule has 1 amide bonds. The molecule has 0 aliphatic heterocycles. The molecule has 2 saturated carbocycles. The number of carbonyl (C=O) groups is 1. The molecule has 2 aliphatic carbocycles. The van der Waals surface area contributed by atoms with E-state index in [1.807, 2.05) is 6.92 Å². The van der Waals surface area contributed by atoms with Crippen molar-refractivity contribution in [1.82, 2.24) is 4.90 Å². The molecule has 0 aromatic carbocycles. The van der Waals surface area contributed by atoms with Gasteiger partial charge in [0.25, 0.3) is 0 Å². The molecule has 3 nitrogen and oxygen atoms in total. The normalized spacial score (nSPS) is 28.4. The quantitative estimate of drug-likeness (QED) is 0.845. The van der Waals surface area contributed by atoms with Crippen LogP contribution in [0.25, 0.3) is 0 Å². The predicted molar refractivity (Wildman–Crippen MR) is 81.4 cm³/mol. The SMILES string of the molecule is CCC1CCC(N(C(=O)C(C)CN)C2CC2)CC1.Cl. The summed E-state index contributed by atoms with van der Waals surface area (Å²) < 4.78 is 0. The van der Waals surface area contributed by atoms with Gasteiger partial charge >= 0.3 is 0 Å². The molecule has 0 radical (unpaired) electrons. The molecule has 1 atom stereocenters. The van der Waals surface area contributed by atoms with Crippen LogP contribution in [-0.2, 0) is 4.79 Å². The van der Waals surface area contributed by atoms with Crippen molar-refractivity contribution < 1.29 is 4.79 Å². The second-order valence-corrected chi connectivity index (χ2v) is 6.20. The highest BCUT2D eigenvalue weighted by atomic mass is 35.5. The molecular weight excluding hydrogens is 260 g/mol. The molecule has 0 heterocycles. The fourth-order valence-electron chi connectivity index (χ4n) is 3.20. The molecule has 19 heavy (non-hydrogen) atoms. The lowest BCUT2D eigenvalue weighted by Gasteiger charge is -2.38. The zero-order valence-corrected chi connectivity index (χ0v) is 13.1. The van der Waals surface area contributed by atoms with E-state index >= 15 is 0 Å². The Bertz CT molecular complexity index is 286. The van der Waals surface area contributed by atoms with E-state index < -0.39 is 0 Å². The summed E-state index contributed by atoms with van der Waals surface area (Å²) in [5.74, 6) is 1.19. The van der Waals surface area contributed by atoms with Gasteiger partial charge in [0, 0.05) is 24.5 Å². The monoisotopic (exact) mass is 288 g/mol. The van der Waals surface area contributed by atoms with Crippen LogP contribution in [0, 0.1) is 11.8 Å². The summed E-state index contributed by atoms with van der Waals surface area (Å²) in [6.07, 6.45) is 8.72. The van der Waals surface area contributed by atoms with Crippen LogP contribution in [0.1, 0.15) is 58.8 Å². The van der Waals surface area contributed by atoms with Gasteiger partial charge in [-0.25, -0.2) is 0 Å². The highest BCUT2D eigenvalue weighted by Crippen LogP contribution is 2.36. The summed E-state index contributed by atoms with van der Waals surface area (Å²) in [7, 11) is 0. The van der Waals surface area contributed by atoms with Crippen molar-refractivity contribution in [2.24, 2.45) is 17.6 Å². The third kappa shape index (κ3) is 4.09. The fraction of sp³-hybridized carbons (Fsp3) is 0.933. The van der Waals surface area contributed by atoms with Crippen molar-refractivity contribution >= 4 is 18.3 Å². The Labute approximate surface area is 123 Å². The van der Waals surface area contributed by atoms with Gasteiger partial charge in [0.2, 0.25) is 5.91 Å². The molecular formula is C15H29ClN2O. The van der Waals surface area contributed by atoms with Crippen LogP contribution in [0.3, 0.4) is 0 Å². The molecule has 1 unspecified atom stereocenters. The van der Waals surface area contributed by atoms with Crippen molar-refractivity contribution in [3.8, 4) is 0 Å². The standard InChI is InChI=1S/C15H28N2O.ClH/c1-3-12-4-6-13(7-5-12)17(14-8-9-14)15(18)11(2)10-16;/h11-14H,3-10,16H2,1-2H3;1H. The van der Waals surface area contributed by atoms with E-state index in [1.165, 1.54) is 44.9 Å². The van der Waals surface area contributed by atoms with Crippen LogP contribution in [-0.4, -0.2) is 29.4 Å². The topological polar surface area (TPSA) is 46.3 Å². The summed E-state index contributed by atoms with van der Waals surface area (Å²) in [5.41, 5.74) is 5.66. The van der Waals surface area contributed by atoms with Gasteiger partial charge in [-0.15, -0.1) is 12.4 Å². The van der Waals surface area contributed by atoms with Gasteiger partial charge in [-0.3, -0.25) is 4.79 Å². The minimum absolute atomic E-state index is 0. The van der Waals surface area contributed by atoms with E-state index in [-0.39, 0.29) is 18.3 Å². The van der Waals surface area contributed by atoms with Crippen molar-refractivity contribution in [2.75, 3.05) is 6.54 Å². The van der Waals surface area contributed by atoms with Crippen LogP contribution >= 0.6 is 12.4 Å². The lowest BCUT2D eigenvalue weighted by molar-refractivity contribution is -0.138. The average Bonchev–Trinajstić information content (AvgIpc) is 3.23. The Balaban J connectivity index is 0.00000180. The average molecular weight is 289 g/mol. The Hall–Kier alpha value is -0.280. The van der Waals surface area contributed by atoms with E-state index in [4.69, 9.17) is 5.73 Å². The van der Waals surface area contributed by atoms with Crippen molar-refractivity contribution in [1.29, 1.82) is 0 Å². The fourth-order valence-corrected chi connectivity index (χ4v) is 3.20.